The van der Waals surface area contributed by atoms with Crippen LogP contribution in [0.15, 0.2) is 36.4 Å². The quantitative estimate of drug-likeness (QED) is 0.818. The molecule has 2 aromatic carbocycles. The SMILES string of the molecule is COc1ccc2ccccc2c1CNC(=O)CC1C(=O)NCCN1C(C)C. The van der Waals surface area contributed by atoms with Gasteiger partial charge in [-0.3, -0.25) is 14.5 Å². The summed E-state index contributed by atoms with van der Waals surface area (Å²) < 4.78 is 5.48. The van der Waals surface area contributed by atoms with E-state index in [0.29, 0.717) is 13.1 Å². The van der Waals surface area contributed by atoms with E-state index in [1.165, 1.54) is 0 Å². The number of methoxy groups -OCH3 is 1. The topological polar surface area (TPSA) is 70.7 Å². The van der Waals surface area contributed by atoms with Gasteiger partial charge in [-0.1, -0.05) is 30.3 Å². The standard InChI is InChI=1S/C21H27N3O3/c1-14(2)24-11-10-22-21(26)18(24)12-20(25)23-13-17-16-7-5-4-6-15(16)8-9-19(17)27-3/h4-9,14,18H,10-13H2,1-3H3,(H,22,26)(H,23,25). The summed E-state index contributed by atoms with van der Waals surface area (Å²) in [7, 11) is 1.63. The Labute approximate surface area is 159 Å². The van der Waals surface area contributed by atoms with Crippen LogP contribution in [-0.4, -0.2) is 49.0 Å². The number of amides is 2. The van der Waals surface area contributed by atoms with E-state index in [2.05, 4.69) is 15.5 Å². The third-order valence-electron chi connectivity index (χ3n) is 5.09. The van der Waals surface area contributed by atoms with Crippen molar-refractivity contribution in [2.24, 2.45) is 0 Å². The Bertz CT molecular complexity index is 835. The van der Waals surface area contributed by atoms with Gasteiger partial charge in [0.2, 0.25) is 11.8 Å². The monoisotopic (exact) mass is 369 g/mol. The molecule has 3 rings (SSSR count). The summed E-state index contributed by atoms with van der Waals surface area (Å²) in [6.07, 6.45) is 0.150. The van der Waals surface area contributed by atoms with Crippen molar-refractivity contribution in [1.82, 2.24) is 15.5 Å². The highest BCUT2D eigenvalue weighted by molar-refractivity contribution is 5.90. The van der Waals surface area contributed by atoms with E-state index in [0.717, 1.165) is 28.6 Å². The van der Waals surface area contributed by atoms with Crippen molar-refractivity contribution in [2.75, 3.05) is 20.2 Å². The zero-order chi connectivity index (χ0) is 19.4. The lowest BCUT2D eigenvalue weighted by atomic mass is 10.0. The normalized spacial score (nSPS) is 17.8. The first-order valence-electron chi connectivity index (χ1n) is 9.36. The van der Waals surface area contributed by atoms with Gasteiger partial charge in [0.25, 0.3) is 0 Å². The van der Waals surface area contributed by atoms with E-state index < -0.39 is 6.04 Å². The molecule has 2 amide bonds. The molecule has 1 unspecified atom stereocenters. The smallest absolute Gasteiger partial charge is 0.237 e. The summed E-state index contributed by atoms with van der Waals surface area (Å²) in [6.45, 7) is 5.84. The molecule has 2 aromatic rings. The van der Waals surface area contributed by atoms with Gasteiger partial charge < -0.3 is 15.4 Å². The van der Waals surface area contributed by atoms with Crippen LogP contribution in [0.4, 0.5) is 0 Å². The highest BCUT2D eigenvalue weighted by Gasteiger charge is 2.32. The van der Waals surface area contributed by atoms with Crippen molar-refractivity contribution in [2.45, 2.75) is 38.9 Å². The average Bonchev–Trinajstić information content (AvgIpc) is 2.67. The summed E-state index contributed by atoms with van der Waals surface area (Å²) in [5, 5.41) is 7.98. The van der Waals surface area contributed by atoms with Gasteiger partial charge in [0.1, 0.15) is 5.75 Å². The zero-order valence-corrected chi connectivity index (χ0v) is 16.1. The molecule has 27 heavy (non-hydrogen) atoms. The Morgan fingerprint density at radius 3 is 2.81 bits per heavy atom. The summed E-state index contributed by atoms with van der Waals surface area (Å²) in [6, 6.07) is 11.7. The predicted octanol–water partition coefficient (Wildman–Crippen LogP) is 2.06. The number of hydrogen-bond donors (Lipinski definition) is 2. The number of rotatable bonds is 6. The number of nitrogens with zero attached hydrogens (tertiary/aromatic N) is 1. The number of nitrogens with one attached hydrogen (secondary N) is 2. The van der Waals surface area contributed by atoms with Crippen LogP contribution in [0.3, 0.4) is 0 Å². The van der Waals surface area contributed by atoms with Gasteiger partial charge in [-0.25, -0.2) is 0 Å². The summed E-state index contributed by atoms with van der Waals surface area (Å²) in [5.74, 6) is 0.527. The summed E-state index contributed by atoms with van der Waals surface area (Å²) >= 11 is 0. The van der Waals surface area contributed by atoms with Crippen LogP contribution in [-0.2, 0) is 16.1 Å². The van der Waals surface area contributed by atoms with Gasteiger partial charge in [0.15, 0.2) is 0 Å². The lowest BCUT2D eigenvalue weighted by molar-refractivity contribution is -0.134. The predicted molar refractivity (Wildman–Crippen MR) is 106 cm³/mol. The van der Waals surface area contributed by atoms with Crippen molar-refractivity contribution in [3.8, 4) is 5.75 Å². The number of piperazine rings is 1. The van der Waals surface area contributed by atoms with Crippen molar-refractivity contribution >= 4 is 22.6 Å². The maximum atomic E-state index is 12.6. The minimum atomic E-state index is -0.423. The van der Waals surface area contributed by atoms with E-state index in [1.54, 1.807) is 7.11 Å². The third-order valence-corrected chi connectivity index (χ3v) is 5.09. The van der Waals surface area contributed by atoms with Gasteiger partial charge >= 0.3 is 0 Å². The molecule has 2 N–H and O–H groups in total. The maximum absolute atomic E-state index is 12.6. The van der Waals surface area contributed by atoms with Gasteiger partial charge in [-0.15, -0.1) is 0 Å². The van der Waals surface area contributed by atoms with E-state index in [4.69, 9.17) is 4.74 Å². The first-order valence-corrected chi connectivity index (χ1v) is 9.36. The van der Waals surface area contributed by atoms with Crippen LogP contribution in [0.1, 0.15) is 25.8 Å². The van der Waals surface area contributed by atoms with E-state index in [9.17, 15) is 9.59 Å². The average molecular weight is 369 g/mol. The van der Waals surface area contributed by atoms with Crippen LogP contribution < -0.4 is 15.4 Å². The minimum absolute atomic E-state index is 0.0761. The van der Waals surface area contributed by atoms with Crippen molar-refractivity contribution in [3.63, 3.8) is 0 Å². The molecular weight excluding hydrogens is 342 g/mol. The fraction of sp³-hybridized carbons (Fsp3) is 0.429. The number of fused-ring (bicyclic) bond motifs is 1. The van der Waals surface area contributed by atoms with Crippen LogP contribution in [0, 0.1) is 0 Å². The lowest BCUT2D eigenvalue weighted by Gasteiger charge is -2.37. The molecular formula is C21H27N3O3. The van der Waals surface area contributed by atoms with Gasteiger partial charge in [-0.2, -0.15) is 0 Å². The van der Waals surface area contributed by atoms with E-state index >= 15 is 0 Å². The molecule has 6 nitrogen and oxygen atoms in total. The van der Waals surface area contributed by atoms with E-state index in [-0.39, 0.29) is 24.3 Å². The number of hydrogen-bond acceptors (Lipinski definition) is 4. The van der Waals surface area contributed by atoms with E-state index in [1.807, 2.05) is 50.2 Å². The minimum Gasteiger partial charge on any atom is -0.496 e. The largest absolute Gasteiger partial charge is 0.496 e. The second-order valence-electron chi connectivity index (χ2n) is 7.09. The number of carbonyl (C=O) groups excluding carboxylic acids is 2. The van der Waals surface area contributed by atoms with Gasteiger partial charge in [0, 0.05) is 31.2 Å². The second-order valence-corrected chi connectivity index (χ2v) is 7.09. The molecule has 0 aromatic heterocycles. The van der Waals surface area contributed by atoms with Crippen molar-refractivity contribution in [3.05, 3.63) is 42.0 Å². The molecule has 1 heterocycles. The van der Waals surface area contributed by atoms with Crippen LogP contribution >= 0.6 is 0 Å². The summed E-state index contributed by atoms with van der Waals surface area (Å²) in [4.78, 5) is 26.9. The summed E-state index contributed by atoms with van der Waals surface area (Å²) in [5.41, 5.74) is 0.942. The fourth-order valence-corrected chi connectivity index (χ4v) is 3.68. The molecule has 144 valence electrons. The molecule has 0 radical (unpaired) electrons. The number of benzene rings is 2. The Morgan fingerprint density at radius 1 is 1.30 bits per heavy atom. The Hall–Kier alpha value is -2.60. The first kappa shape index (κ1) is 19.2. The molecule has 1 aliphatic heterocycles. The Balaban J connectivity index is 1.72. The van der Waals surface area contributed by atoms with Crippen LogP contribution in [0.2, 0.25) is 0 Å². The lowest BCUT2D eigenvalue weighted by Crippen LogP contribution is -2.58. The fourth-order valence-electron chi connectivity index (χ4n) is 3.68. The second kappa shape index (κ2) is 8.39. The molecule has 6 heteroatoms. The molecule has 0 bridgehead atoms. The van der Waals surface area contributed by atoms with Gasteiger partial charge in [0.05, 0.1) is 19.6 Å². The highest BCUT2D eigenvalue weighted by Crippen LogP contribution is 2.27. The molecule has 0 aliphatic carbocycles. The van der Waals surface area contributed by atoms with Crippen LogP contribution in [0.5, 0.6) is 5.75 Å². The Kier molecular flexibility index (Phi) is 5.96. The molecule has 1 atom stereocenters. The molecule has 0 saturated carbocycles. The highest BCUT2D eigenvalue weighted by atomic mass is 16.5. The number of carbonyl (C=O) groups is 2. The van der Waals surface area contributed by atoms with Crippen molar-refractivity contribution in [1.29, 1.82) is 0 Å². The maximum Gasteiger partial charge on any atom is 0.237 e. The van der Waals surface area contributed by atoms with Crippen LogP contribution in [0.25, 0.3) is 10.8 Å². The molecule has 0 spiro atoms. The third kappa shape index (κ3) is 4.22. The zero-order valence-electron chi connectivity index (χ0n) is 16.1. The van der Waals surface area contributed by atoms with Gasteiger partial charge in [-0.05, 0) is 30.7 Å². The Morgan fingerprint density at radius 2 is 2.07 bits per heavy atom. The number of ether oxygens (including phenoxy) is 1. The molecule has 1 fully saturated rings. The first-order chi connectivity index (χ1) is 13.0. The molecule has 1 aliphatic rings. The molecule has 1 saturated heterocycles. The van der Waals surface area contributed by atoms with Crippen molar-refractivity contribution < 1.29 is 14.3 Å².